The van der Waals surface area contributed by atoms with Gasteiger partial charge in [0.2, 0.25) is 0 Å². The zero-order chi connectivity index (χ0) is 23.9. The molecule has 0 bridgehead atoms. The molecule has 5 N–H and O–H groups in total. The average Bonchev–Trinajstić information content (AvgIpc) is 3.50. The highest BCUT2D eigenvalue weighted by atomic mass is 16.3. The van der Waals surface area contributed by atoms with Gasteiger partial charge in [0.25, 0.3) is 5.91 Å². The van der Waals surface area contributed by atoms with Crippen LogP contribution < -0.4 is 11.1 Å². The number of nitrogens with two attached hydrogens (primary N) is 1. The molecule has 0 spiro atoms. The van der Waals surface area contributed by atoms with Crippen molar-refractivity contribution in [1.82, 2.24) is 20.2 Å². The summed E-state index contributed by atoms with van der Waals surface area (Å²) in [6.07, 6.45) is 7.36. The van der Waals surface area contributed by atoms with Crippen LogP contribution in [0.1, 0.15) is 48.7 Å². The van der Waals surface area contributed by atoms with E-state index in [-0.39, 0.29) is 18.6 Å². The van der Waals surface area contributed by atoms with Crippen LogP contribution in [-0.4, -0.2) is 58.2 Å². The summed E-state index contributed by atoms with van der Waals surface area (Å²) in [5.74, 6) is 1.71. The van der Waals surface area contributed by atoms with E-state index in [1.54, 1.807) is 0 Å². The summed E-state index contributed by atoms with van der Waals surface area (Å²) in [7, 11) is 0. The lowest BCUT2D eigenvalue weighted by molar-refractivity contribution is 0.0942. The zero-order valence-electron chi connectivity index (χ0n) is 20.0. The van der Waals surface area contributed by atoms with Crippen LogP contribution in [-0.2, 0) is 6.42 Å². The number of para-hydroxylation sites is 1. The minimum atomic E-state index is -0.0280. The molecule has 7 heteroatoms. The maximum atomic E-state index is 12.6. The van der Waals surface area contributed by atoms with Gasteiger partial charge in [-0.3, -0.25) is 9.69 Å². The minimum absolute atomic E-state index is 0.0280. The number of benzene rings is 1. The highest BCUT2D eigenvalue weighted by Gasteiger charge is 2.26. The maximum Gasteiger partial charge on any atom is 0.267 e. The van der Waals surface area contributed by atoms with E-state index in [1.807, 2.05) is 48.7 Å². The standard InChI is InChI=1S/C27H37N5O2/c1-19(18-33)32(13-11-21-8-9-26(28)29-16-21)12-10-20-6-7-22(14-20)17-30-27(34)25-15-23-4-2-3-5-24(23)31-25/h2-5,8-9,15-16,19-20,22,31,33H,6-7,10-14,17-18H2,1H3,(H2,28,29)(H,30,34)/t19-,20?,22?/m0/s1. The fraction of sp³-hybridized carbons (Fsp3) is 0.481. The van der Waals surface area contributed by atoms with Gasteiger partial charge in [-0.1, -0.05) is 30.7 Å². The molecule has 1 aliphatic carbocycles. The van der Waals surface area contributed by atoms with E-state index in [2.05, 4.69) is 27.1 Å². The van der Waals surface area contributed by atoms with Gasteiger partial charge >= 0.3 is 0 Å². The molecule has 1 aromatic carbocycles. The van der Waals surface area contributed by atoms with Crippen molar-refractivity contribution in [1.29, 1.82) is 0 Å². The van der Waals surface area contributed by atoms with Crippen molar-refractivity contribution in [3.8, 4) is 0 Å². The second-order valence-electron chi connectivity index (χ2n) is 9.72. The Morgan fingerprint density at radius 3 is 2.82 bits per heavy atom. The molecule has 0 aliphatic heterocycles. The van der Waals surface area contributed by atoms with E-state index >= 15 is 0 Å². The summed E-state index contributed by atoms with van der Waals surface area (Å²) in [4.78, 5) is 22.4. The third-order valence-electron chi connectivity index (χ3n) is 7.22. The van der Waals surface area contributed by atoms with Crippen molar-refractivity contribution in [3.63, 3.8) is 0 Å². The molecule has 2 unspecified atom stereocenters. The largest absolute Gasteiger partial charge is 0.395 e. The third kappa shape index (κ3) is 6.36. The molecular formula is C27H37N5O2. The van der Waals surface area contributed by atoms with Gasteiger partial charge in [-0.25, -0.2) is 4.98 Å². The summed E-state index contributed by atoms with van der Waals surface area (Å²) in [6.45, 7) is 4.84. The summed E-state index contributed by atoms with van der Waals surface area (Å²) in [5, 5.41) is 13.9. The van der Waals surface area contributed by atoms with E-state index in [0.717, 1.165) is 61.8 Å². The van der Waals surface area contributed by atoms with E-state index in [4.69, 9.17) is 5.73 Å². The van der Waals surface area contributed by atoms with Crippen LogP contribution in [0.4, 0.5) is 5.82 Å². The molecule has 2 aromatic heterocycles. The molecule has 1 saturated carbocycles. The third-order valence-corrected chi connectivity index (χ3v) is 7.22. The number of pyridine rings is 1. The number of hydrogen-bond donors (Lipinski definition) is 4. The summed E-state index contributed by atoms with van der Waals surface area (Å²) in [5.41, 5.74) is 8.46. The highest BCUT2D eigenvalue weighted by Crippen LogP contribution is 2.33. The number of aliphatic hydroxyl groups excluding tert-OH is 1. The number of nitrogen functional groups attached to an aromatic ring is 1. The number of amides is 1. The normalized spacial score (nSPS) is 19.0. The first-order valence-electron chi connectivity index (χ1n) is 12.4. The van der Waals surface area contributed by atoms with Gasteiger partial charge in [0.05, 0.1) is 6.61 Å². The van der Waals surface area contributed by atoms with E-state index in [0.29, 0.717) is 23.3 Å². The van der Waals surface area contributed by atoms with Crippen molar-refractivity contribution >= 4 is 22.6 Å². The summed E-state index contributed by atoms with van der Waals surface area (Å²) in [6, 6.07) is 13.9. The molecule has 1 amide bonds. The molecule has 1 aliphatic rings. The Hall–Kier alpha value is -2.90. The maximum absolute atomic E-state index is 12.6. The van der Waals surface area contributed by atoms with Crippen LogP contribution >= 0.6 is 0 Å². The van der Waals surface area contributed by atoms with Gasteiger partial charge in [0, 0.05) is 36.2 Å². The average molecular weight is 464 g/mol. The SMILES string of the molecule is C[C@@H](CO)N(CCc1ccc(N)nc1)CCC1CCC(CNC(=O)c2cc3ccccc3[nH]2)C1. The van der Waals surface area contributed by atoms with E-state index in [9.17, 15) is 9.90 Å². The second kappa shape index (κ2) is 11.5. The number of nitrogens with one attached hydrogen (secondary N) is 2. The predicted molar refractivity (Wildman–Crippen MR) is 137 cm³/mol. The number of anilines is 1. The number of aliphatic hydroxyl groups is 1. The fourth-order valence-corrected chi connectivity index (χ4v) is 5.03. The molecule has 2 heterocycles. The number of rotatable bonds is 11. The summed E-state index contributed by atoms with van der Waals surface area (Å²) < 4.78 is 0. The molecule has 0 radical (unpaired) electrons. The number of aromatic amines is 1. The molecule has 34 heavy (non-hydrogen) atoms. The van der Waals surface area contributed by atoms with Crippen molar-refractivity contribution in [3.05, 3.63) is 59.9 Å². The first-order valence-corrected chi connectivity index (χ1v) is 12.4. The van der Waals surface area contributed by atoms with Crippen LogP contribution in [0, 0.1) is 11.8 Å². The molecular weight excluding hydrogens is 426 g/mol. The van der Waals surface area contributed by atoms with Gasteiger partial charge in [0.1, 0.15) is 11.5 Å². The van der Waals surface area contributed by atoms with Crippen LogP contribution in [0.3, 0.4) is 0 Å². The molecule has 3 atom stereocenters. The van der Waals surface area contributed by atoms with Gasteiger partial charge in [0.15, 0.2) is 0 Å². The number of carbonyl (C=O) groups is 1. The minimum Gasteiger partial charge on any atom is -0.395 e. The Labute approximate surface area is 201 Å². The lowest BCUT2D eigenvalue weighted by atomic mass is 10.0. The molecule has 4 rings (SSSR count). The lowest BCUT2D eigenvalue weighted by Crippen LogP contribution is -2.38. The Balaban J connectivity index is 1.21. The van der Waals surface area contributed by atoms with Crippen LogP contribution in [0.2, 0.25) is 0 Å². The van der Waals surface area contributed by atoms with E-state index in [1.165, 1.54) is 6.42 Å². The first-order chi connectivity index (χ1) is 16.5. The Morgan fingerprint density at radius 1 is 1.24 bits per heavy atom. The summed E-state index contributed by atoms with van der Waals surface area (Å²) >= 11 is 0. The van der Waals surface area contributed by atoms with Crippen molar-refractivity contribution in [2.75, 3.05) is 32.0 Å². The Bertz CT molecular complexity index is 1030. The van der Waals surface area contributed by atoms with Crippen molar-refractivity contribution in [2.45, 2.75) is 45.1 Å². The Morgan fingerprint density at radius 2 is 2.06 bits per heavy atom. The van der Waals surface area contributed by atoms with Crippen molar-refractivity contribution < 1.29 is 9.90 Å². The highest BCUT2D eigenvalue weighted by molar-refractivity contribution is 5.97. The molecule has 3 aromatic rings. The number of nitrogens with zero attached hydrogens (tertiary/aromatic N) is 2. The van der Waals surface area contributed by atoms with E-state index < -0.39 is 0 Å². The van der Waals surface area contributed by atoms with Crippen LogP contribution in [0.5, 0.6) is 0 Å². The predicted octanol–water partition coefficient (Wildman–Crippen LogP) is 3.61. The fourth-order valence-electron chi connectivity index (χ4n) is 5.03. The number of carbonyl (C=O) groups excluding carboxylic acids is 1. The Kier molecular flexibility index (Phi) is 8.19. The van der Waals surface area contributed by atoms with Gasteiger partial charge in [-0.05, 0) is 74.8 Å². The van der Waals surface area contributed by atoms with Gasteiger partial charge in [-0.15, -0.1) is 0 Å². The lowest BCUT2D eigenvalue weighted by Gasteiger charge is -2.29. The quantitative estimate of drug-likeness (QED) is 0.348. The van der Waals surface area contributed by atoms with Gasteiger partial charge in [-0.2, -0.15) is 0 Å². The van der Waals surface area contributed by atoms with Gasteiger partial charge < -0.3 is 21.1 Å². The van der Waals surface area contributed by atoms with Crippen LogP contribution in [0.25, 0.3) is 10.9 Å². The molecule has 0 saturated heterocycles. The number of hydrogen-bond acceptors (Lipinski definition) is 5. The van der Waals surface area contributed by atoms with Crippen LogP contribution in [0.15, 0.2) is 48.7 Å². The molecule has 1 fully saturated rings. The number of H-pyrrole nitrogens is 1. The topological polar surface area (TPSA) is 107 Å². The number of fused-ring (bicyclic) bond motifs is 1. The van der Waals surface area contributed by atoms with Crippen molar-refractivity contribution in [2.24, 2.45) is 11.8 Å². The monoisotopic (exact) mass is 463 g/mol. The molecule has 182 valence electrons. The molecule has 7 nitrogen and oxygen atoms in total. The smallest absolute Gasteiger partial charge is 0.267 e. The zero-order valence-corrected chi connectivity index (χ0v) is 20.0. The first kappa shape index (κ1) is 24.2. The number of aromatic nitrogens is 2. The second-order valence-corrected chi connectivity index (χ2v) is 9.72.